The maximum atomic E-state index is 12.7. The summed E-state index contributed by atoms with van der Waals surface area (Å²) in [7, 11) is 0. The highest BCUT2D eigenvalue weighted by molar-refractivity contribution is 5.94. The molecule has 0 bridgehead atoms. The van der Waals surface area contributed by atoms with Gasteiger partial charge in [-0.25, -0.2) is 14.6 Å². The van der Waals surface area contributed by atoms with E-state index in [1.807, 2.05) is 26.0 Å². The lowest BCUT2D eigenvalue weighted by molar-refractivity contribution is -0.136. The molecule has 36 heavy (non-hydrogen) atoms. The fraction of sp³-hybridized carbons (Fsp3) is 0.500. The van der Waals surface area contributed by atoms with Crippen LogP contribution >= 0.6 is 0 Å². The third-order valence-corrected chi connectivity index (χ3v) is 7.49. The van der Waals surface area contributed by atoms with Crippen LogP contribution in [0, 0.1) is 5.92 Å². The second kappa shape index (κ2) is 9.07. The van der Waals surface area contributed by atoms with E-state index in [1.165, 1.54) is 0 Å². The van der Waals surface area contributed by atoms with Crippen molar-refractivity contribution in [1.82, 2.24) is 9.97 Å². The third-order valence-electron chi connectivity index (χ3n) is 7.49. The number of amides is 2. The van der Waals surface area contributed by atoms with E-state index in [9.17, 15) is 14.4 Å². The molecule has 1 atom stereocenters. The van der Waals surface area contributed by atoms with Crippen molar-refractivity contribution in [3.05, 3.63) is 47.7 Å². The molecule has 1 aromatic carbocycles. The summed E-state index contributed by atoms with van der Waals surface area (Å²) in [6.07, 6.45) is 5.51. The lowest BCUT2D eigenvalue weighted by atomic mass is 10.0. The summed E-state index contributed by atoms with van der Waals surface area (Å²) in [5, 5.41) is 3.42. The number of hydrogen-bond acceptors (Lipinski definition) is 8. The number of nitrogens with one attached hydrogen (secondary N) is 1. The summed E-state index contributed by atoms with van der Waals surface area (Å²) in [5.74, 6) is -0.00363. The van der Waals surface area contributed by atoms with Gasteiger partial charge in [-0.1, -0.05) is 26.0 Å². The molecule has 1 aromatic heterocycles. The molecule has 2 aliphatic carbocycles. The predicted octanol–water partition coefficient (Wildman–Crippen LogP) is 3.51. The first-order valence-electron chi connectivity index (χ1n) is 12.4. The molecule has 2 amide bonds. The highest BCUT2D eigenvalue weighted by Gasteiger charge is 2.46. The average Bonchev–Trinajstić information content (AvgIpc) is 3.28. The first kappa shape index (κ1) is 24.0. The number of rotatable bonds is 8. The summed E-state index contributed by atoms with van der Waals surface area (Å²) in [6, 6.07) is 8.77. The summed E-state index contributed by atoms with van der Waals surface area (Å²) in [5.41, 5.74) is 5.33. The Hall–Kier alpha value is -3.69. The van der Waals surface area contributed by atoms with Gasteiger partial charge in [-0.2, -0.15) is 4.98 Å². The first-order valence-corrected chi connectivity index (χ1v) is 12.4. The van der Waals surface area contributed by atoms with Gasteiger partial charge >= 0.3 is 12.1 Å². The molecule has 3 aliphatic rings. The molecule has 10 heteroatoms. The van der Waals surface area contributed by atoms with Gasteiger partial charge in [-0.15, -0.1) is 0 Å². The van der Waals surface area contributed by atoms with Gasteiger partial charge in [0.25, 0.3) is 5.91 Å². The quantitative estimate of drug-likeness (QED) is 0.533. The Morgan fingerprint density at radius 3 is 2.44 bits per heavy atom. The standard InChI is InChI=1S/C26H31N5O5/c1-16(2)19-15-35-24(34)31(19)20-9-14-28-23(29-20)30-25(12-13-25)18-7-5-17(6-8-18)21(32)36-26(22(27)33)10-3-4-11-26/h5-9,14,16,19H,3-4,10-13,15H2,1-2H3,(H2,27,33)(H,28,29,30)/t19-/m1/s1. The molecular weight excluding hydrogens is 462 g/mol. The van der Waals surface area contributed by atoms with Crippen LogP contribution in [0.5, 0.6) is 0 Å². The summed E-state index contributed by atoms with van der Waals surface area (Å²) in [6.45, 7) is 4.42. The van der Waals surface area contributed by atoms with Crippen LogP contribution in [0.15, 0.2) is 36.5 Å². The number of ether oxygens (including phenoxy) is 2. The summed E-state index contributed by atoms with van der Waals surface area (Å²) >= 11 is 0. The van der Waals surface area contributed by atoms with Crippen molar-refractivity contribution >= 4 is 29.7 Å². The number of carbonyl (C=O) groups is 3. The number of benzene rings is 1. The highest BCUT2D eigenvalue weighted by atomic mass is 16.6. The zero-order valence-corrected chi connectivity index (χ0v) is 20.5. The number of esters is 1. The maximum Gasteiger partial charge on any atom is 0.415 e. The molecule has 2 heterocycles. The second-order valence-electron chi connectivity index (χ2n) is 10.2. The lowest BCUT2D eigenvalue weighted by Gasteiger charge is -2.25. The van der Waals surface area contributed by atoms with Crippen molar-refractivity contribution in [2.45, 2.75) is 69.6 Å². The monoisotopic (exact) mass is 493 g/mol. The minimum atomic E-state index is -1.20. The van der Waals surface area contributed by atoms with Crippen molar-refractivity contribution in [1.29, 1.82) is 0 Å². The highest BCUT2D eigenvalue weighted by Crippen LogP contribution is 2.48. The molecular formula is C26H31N5O5. The van der Waals surface area contributed by atoms with Crippen molar-refractivity contribution < 1.29 is 23.9 Å². The van der Waals surface area contributed by atoms with Crippen molar-refractivity contribution in [2.24, 2.45) is 11.7 Å². The van der Waals surface area contributed by atoms with Crippen LogP contribution in [0.3, 0.4) is 0 Å². The van der Waals surface area contributed by atoms with Gasteiger partial charge in [0, 0.05) is 6.20 Å². The fourth-order valence-electron chi connectivity index (χ4n) is 5.07. The summed E-state index contributed by atoms with van der Waals surface area (Å²) in [4.78, 5) is 47.5. The predicted molar refractivity (Wildman–Crippen MR) is 131 cm³/mol. The number of primary amides is 1. The Morgan fingerprint density at radius 1 is 1.14 bits per heavy atom. The van der Waals surface area contributed by atoms with Gasteiger partial charge in [-0.05, 0) is 68.2 Å². The number of carbonyl (C=O) groups excluding carboxylic acids is 3. The number of hydrogen-bond donors (Lipinski definition) is 2. The van der Waals surface area contributed by atoms with E-state index in [0.717, 1.165) is 31.2 Å². The molecule has 2 aromatic rings. The third kappa shape index (κ3) is 4.36. The molecule has 5 rings (SSSR count). The van der Waals surface area contributed by atoms with Crippen molar-refractivity contribution in [3.63, 3.8) is 0 Å². The Balaban J connectivity index is 1.30. The Labute approximate surface area is 209 Å². The number of cyclic esters (lactones) is 1. The molecule has 0 unspecified atom stereocenters. The normalized spacial score (nSPS) is 21.8. The molecule has 0 spiro atoms. The van der Waals surface area contributed by atoms with E-state index in [-0.39, 0.29) is 17.5 Å². The van der Waals surface area contributed by atoms with E-state index >= 15 is 0 Å². The minimum Gasteiger partial charge on any atom is -0.447 e. The van der Waals surface area contributed by atoms with Crippen LogP contribution in [0.2, 0.25) is 0 Å². The average molecular weight is 494 g/mol. The van der Waals surface area contributed by atoms with Crippen LogP contribution in [0.4, 0.5) is 16.6 Å². The molecule has 3 fully saturated rings. The van der Waals surface area contributed by atoms with E-state index < -0.39 is 23.6 Å². The Bertz CT molecular complexity index is 1170. The van der Waals surface area contributed by atoms with Gasteiger partial charge in [0.2, 0.25) is 5.95 Å². The van der Waals surface area contributed by atoms with Crippen molar-refractivity contribution in [2.75, 3.05) is 16.8 Å². The topological polar surface area (TPSA) is 137 Å². The van der Waals surface area contributed by atoms with Crippen molar-refractivity contribution in [3.8, 4) is 0 Å². The van der Waals surface area contributed by atoms with Crippen LogP contribution in [-0.4, -0.2) is 46.2 Å². The second-order valence-corrected chi connectivity index (χ2v) is 10.2. The first-order chi connectivity index (χ1) is 17.2. The number of anilines is 2. The lowest BCUT2D eigenvalue weighted by Crippen LogP contribution is -2.45. The Morgan fingerprint density at radius 2 is 1.83 bits per heavy atom. The van der Waals surface area contributed by atoms with Crippen LogP contribution < -0.4 is 16.0 Å². The molecule has 1 saturated heterocycles. The van der Waals surface area contributed by atoms with Gasteiger partial charge in [-0.3, -0.25) is 9.69 Å². The van der Waals surface area contributed by atoms with E-state index in [2.05, 4.69) is 15.3 Å². The Kier molecular flexibility index (Phi) is 6.05. The van der Waals surface area contributed by atoms with Crippen LogP contribution in [-0.2, 0) is 19.8 Å². The van der Waals surface area contributed by atoms with Gasteiger partial charge in [0.1, 0.15) is 12.4 Å². The summed E-state index contributed by atoms with van der Waals surface area (Å²) < 4.78 is 10.8. The molecule has 190 valence electrons. The molecule has 1 aliphatic heterocycles. The molecule has 2 saturated carbocycles. The van der Waals surface area contributed by atoms with Gasteiger partial charge in [0.05, 0.1) is 17.1 Å². The largest absolute Gasteiger partial charge is 0.447 e. The number of nitrogens with two attached hydrogens (primary N) is 1. The zero-order valence-electron chi connectivity index (χ0n) is 20.5. The molecule has 0 radical (unpaired) electrons. The van der Waals surface area contributed by atoms with E-state index in [4.69, 9.17) is 15.2 Å². The van der Waals surface area contributed by atoms with Gasteiger partial charge in [0.15, 0.2) is 5.60 Å². The number of aromatic nitrogens is 2. The molecule has 10 nitrogen and oxygen atoms in total. The smallest absolute Gasteiger partial charge is 0.415 e. The fourth-order valence-corrected chi connectivity index (χ4v) is 5.07. The number of nitrogens with zero attached hydrogens (tertiary/aromatic N) is 3. The van der Waals surface area contributed by atoms with Crippen LogP contribution in [0.1, 0.15) is 68.3 Å². The van der Waals surface area contributed by atoms with E-state index in [1.54, 1.807) is 29.3 Å². The van der Waals surface area contributed by atoms with E-state index in [0.29, 0.717) is 36.8 Å². The maximum absolute atomic E-state index is 12.7. The van der Waals surface area contributed by atoms with Crippen LogP contribution in [0.25, 0.3) is 0 Å². The van der Waals surface area contributed by atoms with Gasteiger partial charge < -0.3 is 20.5 Å². The SMILES string of the molecule is CC(C)[C@H]1COC(=O)N1c1ccnc(NC2(c3ccc(C(=O)OC4(C(N)=O)CCCC4)cc3)CC2)n1. The minimum absolute atomic E-state index is 0.0830. The molecule has 3 N–H and O–H groups in total. The zero-order chi connectivity index (χ0) is 25.5.